The summed E-state index contributed by atoms with van der Waals surface area (Å²) in [5, 5.41) is 0. The van der Waals surface area contributed by atoms with Crippen molar-refractivity contribution in [1.82, 2.24) is 4.98 Å². The van der Waals surface area contributed by atoms with E-state index in [4.69, 9.17) is 4.74 Å². The molecule has 1 aromatic heterocycles. The van der Waals surface area contributed by atoms with Crippen molar-refractivity contribution in [3.05, 3.63) is 29.6 Å². The number of carbonyl (C=O) groups is 1. The number of nitrogens with zero attached hydrogens (tertiary/aromatic N) is 1. The quantitative estimate of drug-likeness (QED) is 0.619. The zero-order valence-electron chi connectivity index (χ0n) is 7.13. The van der Waals surface area contributed by atoms with Crippen molar-refractivity contribution in [2.45, 2.75) is 13.8 Å². The molecule has 0 bridgehead atoms. The highest BCUT2D eigenvalue weighted by atomic mass is 16.5. The summed E-state index contributed by atoms with van der Waals surface area (Å²) in [6.07, 6.45) is 2.62. The van der Waals surface area contributed by atoms with Crippen LogP contribution < -0.4 is 0 Å². The third-order valence-electron chi connectivity index (χ3n) is 1.33. The molecule has 1 aromatic rings. The number of carbonyl (C=O) groups excluding carboxylic acids is 1. The molecule has 63 valence electrons. The van der Waals surface area contributed by atoms with Crippen LogP contribution >= 0.6 is 0 Å². The maximum absolute atomic E-state index is 11.1. The summed E-state index contributed by atoms with van der Waals surface area (Å²) in [4.78, 5) is 14.9. The maximum atomic E-state index is 11.1. The topological polar surface area (TPSA) is 39.2 Å². The van der Waals surface area contributed by atoms with E-state index in [-0.39, 0.29) is 0 Å². The van der Waals surface area contributed by atoms with Crippen molar-refractivity contribution in [3.8, 4) is 0 Å². The van der Waals surface area contributed by atoms with Crippen molar-refractivity contribution >= 4 is 5.97 Å². The van der Waals surface area contributed by atoms with Gasteiger partial charge in [0, 0.05) is 0 Å². The molecule has 0 unspecified atom stereocenters. The van der Waals surface area contributed by atoms with Gasteiger partial charge in [0.15, 0.2) is 0 Å². The van der Waals surface area contributed by atoms with Crippen LogP contribution in [0.1, 0.15) is 23.0 Å². The van der Waals surface area contributed by atoms with E-state index in [9.17, 15) is 4.79 Å². The fourth-order valence-electron chi connectivity index (χ4n) is 0.803. The summed E-state index contributed by atoms with van der Waals surface area (Å²) >= 11 is 0. The summed E-state index contributed by atoms with van der Waals surface area (Å²) in [6, 6.07) is 3.39. The van der Waals surface area contributed by atoms with E-state index in [0.717, 1.165) is 5.56 Å². The zero-order chi connectivity index (χ0) is 8.97. The minimum absolute atomic E-state index is 0.317. The number of aryl methyl sites for hydroxylation is 1. The lowest BCUT2D eigenvalue weighted by atomic mass is 10.2. The summed E-state index contributed by atoms with van der Waals surface area (Å²) in [5.74, 6) is -0.391. The Labute approximate surface area is 71.4 Å². The van der Waals surface area contributed by atoms with Crippen molar-refractivity contribution in [3.63, 3.8) is 0 Å². The zero-order valence-corrected chi connectivity index (χ0v) is 7.13. The number of rotatable bonds is 2. The molecule has 3 heteroatoms. The standard InChI is InChI=1S/C9H10NO2/c1-3-12-9(11)8-6-7(2)4-5-10-8/h4,6H,3H2,1-2H3. The molecule has 0 amide bonds. The molecule has 0 saturated carbocycles. The first kappa shape index (κ1) is 8.71. The molecule has 0 saturated heterocycles. The van der Waals surface area contributed by atoms with Crippen molar-refractivity contribution in [2.75, 3.05) is 6.61 Å². The second kappa shape index (κ2) is 3.85. The minimum Gasteiger partial charge on any atom is -0.461 e. The third-order valence-corrected chi connectivity index (χ3v) is 1.33. The number of hydrogen-bond donors (Lipinski definition) is 0. The average Bonchev–Trinajstić information content (AvgIpc) is 2.05. The van der Waals surface area contributed by atoms with Crippen molar-refractivity contribution in [2.24, 2.45) is 0 Å². The van der Waals surface area contributed by atoms with Gasteiger partial charge in [-0.3, -0.25) is 0 Å². The molecule has 0 aliphatic carbocycles. The summed E-state index contributed by atoms with van der Waals surface area (Å²) in [7, 11) is 0. The van der Waals surface area contributed by atoms with Crippen LogP contribution in [0.5, 0.6) is 0 Å². The molecule has 0 fully saturated rings. The van der Waals surface area contributed by atoms with Crippen LogP contribution in [-0.4, -0.2) is 17.6 Å². The van der Waals surface area contributed by atoms with E-state index in [2.05, 4.69) is 11.2 Å². The predicted octanol–water partition coefficient (Wildman–Crippen LogP) is 1.37. The molecule has 0 spiro atoms. The number of hydrogen-bond acceptors (Lipinski definition) is 3. The lowest BCUT2D eigenvalue weighted by molar-refractivity contribution is 0.0519. The highest BCUT2D eigenvalue weighted by molar-refractivity contribution is 5.87. The minimum atomic E-state index is -0.391. The molecule has 1 radical (unpaired) electrons. The summed E-state index contributed by atoms with van der Waals surface area (Å²) in [6.45, 7) is 4.01. The van der Waals surface area contributed by atoms with Gasteiger partial charge in [-0.1, -0.05) is 0 Å². The van der Waals surface area contributed by atoms with Crippen LogP contribution in [0.25, 0.3) is 0 Å². The second-order valence-electron chi connectivity index (χ2n) is 2.38. The van der Waals surface area contributed by atoms with Gasteiger partial charge < -0.3 is 4.74 Å². The second-order valence-corrected chi connectivity index (χ2v) is 2.38. The van der Waals surface area contributed by atoms with Crippen LogP contribution in [0.3, 0.4) is 0 Å². The number of pyridine rings is 1. The maximum Gasteiger partial charge on any atom is 0.356 e. The molecule has 1 rings (SSSR count). The molecule has 0 aliphatic heterocycles. The lowest BCUT2D eigenvalue weighted by Crippen LogP contribution is -2.06. The molecule has 12 heavy (non-hydrogen) atoms. The number of esters is 1. The van der Waals surface area contributed by atoms with Gasteiger partial charge in [-0.15, -0.1) is 0 Å². The third kappa shape index (κ3) is 2.05. The Morgan fingerprint density at radius 2 is 2.50 bits per heavy atom. The molecular formula is C9H10NO2. The Hall–Kier alpha value is -1.38. The van der Waals surface area contributed by atoms with Gasteiger partial charge in [-0.25, -0.2) is 9.78 Å². The molecule has 0 atom stereocenters. The highest BCUT2D eigenvalue weighted by Gasteiger charge is 2.06. The Kier molecular flexibility index (Phi) is 2.80. The van der Waals surface area contributed by atoms with Gasteiger partial charge in [-0.05, 0) is 31.5 Å². The molecule has 0 aromatic carbocycles. The van der Waals surface area contributed by atoms with Crippen molar-refractivity contribution < 1.29 is 9.53 Å². The molecule has 1 heterocycles. The van der Waals surface area contributed by atoms with Gasteiger partial charge in [0.2, 0.25) is 0 Å². The van der Waals surface area contributed by atoms with Crippen LogP contribution in [0, 0.1) is 13.1 Å². The van der Waals surface area contributed by atoms with Crippen molar-refractivity contribution in [1.29, 1.82) is 0 Å². The van der Waals surface area contributed by atoms with Gasteiger partial charge in [0.05, 0.1) is 12.8 Å². The first-order chi connectivity index (χ1) is 5.74. The van der Waals surface area contributed by atoms with Crippen LogP contribution in [0.4, 0.5) is 0 Å². The van der Waals surface area contributed by atoms with Crippen LogP contribution in [0.2, 0.25) is 0 Å². The Morgan fingerprint density at radius 3 is 3.08 bits per heavy atom. The van der Waals surface area contributed by atoms with E-state index in [1.165, 1.54) is 0 Å². The van der Waals surface area contributed by atoms with E-state index >= 15 is 0 Å². The average molecular weight is 164 g/mol. The molecular weight excluding hydrogens is 154 g/mol. The van der Waals surface area contributed by atoms with Crippen LogP contribution in [0.15, 0.2) is 12.1 Å². The Morgan fingerprint density at radius 1 is 1.75 bits per heavy atom. The van der Waals surface area contributed by atoms with E-state index < -0.39 is 5.97 Å². The summed E-state index contributed by atoms with van der Waals surface area (Å²) < 4.78 is 4.76. The first-order valence-electron chi connectivity index (χ1n) is 3.76. The molecule has 3 nitrogen and oxygen atoms in total. The number of ether oxygens (including phenoxy) is 1. The normalized spacial score (nSPS) is 9.50. The first-order valence-corrected chi connectivity index (χ1v) is 3.76. The Bertz CT molecular complexity index is 284. The monoisotopic (exact) mass is 164 g/mol. The molecule has 0 aliphatic rings. The smallest absolute Gasteiger partial charge is 0.356 e. The SMILES string of the molecule is CCOC(=O)c1cc(C)c[c]n1. The van der Waals surface area contributed by atoms with E-state index in [0.29, 0.717) is 12.3 Å². The van der Waals surface area contributed by atoms with Gasteiger partial charge in [0.1, 0.15) is 5.69 Å². The lowest BCUT2D eigenvalue weighted by Gasteiger charge is -1.99. The summed E-state index contributed by atoms with van der Waals surface area (Å²) in [5.41, 5.74) is 1.27. The van der Waals surface area contributed by atoms with Gasteiger partial charge in [-0.2, -0.15) is 0 Å². The Balaban J connectivity index is 2.81. The van der Waals surface area contributed by atoms with Gasteiger partial charge >= 0.3 is 5.97 Å². The largest absolute Gasteiger partial charge is 0.461 e. The fraction of sp³-hybridized carbons (Fsp3) is 0.333. The number of aromatic nitrogens is 1. The van der Waals surface area contributed by atoms with Crippen LogP contribution in [-0.2, 0) is 4.74 Å². The van der Waals surface area contributed by atoms with Gasteiger partial charge in [0.25, 0.3) is 0 Å². The van der Waals surface area contributed by atoms with E-state index in [1.54, 1.807) is 19.1 Å². The predicted molar refractivity (Wildman–Crippen MR) is 43.8 cm³/mol. The van der Waals surface area contributed by atoms with E-state index in [1.807, 2.05) is 6.92 Å². The fourth-order valence-corrected chi connectivity index (χ4v) is 0.803. The highest BCUT2D eigenvalue weighted by Crippen LogP contribution is 2.00. The molecule has 0 N–H and O–H groups in total.